The van der Waals surface area contributed by atoms with E-state index in [9.17, 15) is 22.4 Å². The summed E-state index contributed by atoms with van der Waals surface area (Å²) in [5, 5.41) is 18.2. The maximum Gasteiger partial charge on any atom is 0.414 e. The Morgan fingerprint density at radius 2 is 2.10 bits per heavy atom. The Balaban J connectivity index is 1.64. The second-order valence-electron chi connectivity index (χ2n) is 7.51. The van der Waals surface area contributed by atoms with Gasteiger partial charge < -0.3 is 14.7 Å². The van der Waals surface area contributed by atoms with E-state index in [1.165, 1.54) is 17.0 Å². The van der Waals surface area contributed by atoms with Crippen molar-refractivity contribution in [2.75, 3.05) is 42.3 Å². The quantitative estimate of drug-likeness (QED) is 0.607. The number of aliphatic carboxylic acids is 1. The molecule has 0 radical (unpaired) electrons. The molecular formula is C19H22FN3O7S. The van der Waals surface area contributed by atoms with Crippen LogP contribution in [0, 0.1) is 29.0 Å². The van der Waals surface area contributed by atoms with Crippen LogP contribution in [0.25, 0.3) is 0 Å². The number of amides is 1. The van der Waals surface area contributed by atoms with E-state index in [4.69, 9.17) is 15.1 Å². The Morgan fingerprint density at radius 3 is 2.65 bits per heavy atom. The molecule has 2 fully saturated rings. The number of carbonyl (C=O) groups is 2. The summed E-state index contributed by atoms with van der Waals surface area (Å²) < 4.78 is 46.7. The number of ether oxygens (including phenoxy) is 1. The molecule has 2 aliphatic heterocycles. The van der Waals surface area contributed by atoms with E-state index in [1.807, 2.05) is 6.07 Å². The van der Waals surface area contributed by atoms with Crippen LogP contribution in [0.5, 0.6) is 0 Å². The number of piperidine rings is 1. The normalized spacial score (nSPS) is 20.9. The first-order valence-corrected chi connectivity index (χ1v) is 11.4. The first-order valence-electron chi connectivity index (χ1n) is 9.58. The van der Waals surface area contributed by atoms with Crippen LogP contribution in [0.15, 0.2) is 18.2 Å². The monoisotopic (exact) mass is 455 g/mol. The molecule has 0 spiro atoms. The number of benzene rings is 1. The number of nitriles is 1. The van der Waals surface area contributed by atoms with Gasteiger partial charge in [0, 0.05) is 13.1 Å². The number of carboxylic acids is 1. The third kappa shape index (κ3) is 5.42. The van der Waals surface area contributed by atoms with Gasteiger partial charge in [0.15, 0.2) is 0 Å². The lowest BCUT2D eigenvalue weighted by atomic mass is 9.85. The smallest absolute Gasteiger partial charge is 0.414 e. The molecule has 0 aromatic heterocycles. The van der Waals surface area contributed by atoms with Crippen molar-refractivity contribution in [1.29, 1.82) is 5.26 Å². The molecule has 10 nitrogen and oxygen atoms in total. The lowest BCUT2D eigenvalue weighted by Crippen LogP contribution is -2.38. The van der Waals surface area contributed by atoms with Gasteiger partial charge in [-0.05, 0) is 37.0 Å². The standard InChI is InChI=1S/C19H22FN3O7S/c1-31(27,28)29-11-14-10-23(19(26)30-14)13-2-3-17(16(20)8-13)22-6-4-12(5-7-22)15(9-21)18(24)25/h2-3,8,12,14-15H,4-7,10-11H2,1H3,(H,24,25)/t14-,15?/m1/s1. The molecule has 3 rings (SSSR count). The lowest BCUT2D eigenvalue weighted by molar-refractivity contribution is -0.141. The zero-order valence-corrected chi connectivity index (χ0v) is 17.5. The van der Waals surface area contributed by atoms with Crippen molar-refractivity contribution in [3.63, 3.8) is 0 Å². The number of anilines is 2. The molecule has 1 aromatic carbocycles. The molecule has 1 unspecified atom stereocenters. The molecular weight excluding hydrogens is 433 g/mol. The van der Waals surface area contributed by atoms with Crippen molar-refractivity contribution in [2.45, 2.75) is 18.9 Å². The fourth-order valence-electron chi connectivity index (χ4n) is 3.77. The first-order chi connectivity index (χ1) is 14.6. The molecule has 1 N–H and O–H groups in total. The van der Waals surface area contributed by atoms with Crippen LogP contribution in [0.1, 0.15) is 12.8 Å². The van der Waals surface area contributed by atoms with E-state index in [0.717, 1.165) is 6.26 Å². The number of rotatable bonds is 7. The van der Waals surface area contributed by atoms with Gasteiger partial charge in [-0.2, -0.15) is 13.7 Å². The number of cyclic esters (lactones) is 1. The lowest BCUT2D eigenvalue weighted by Gasteiger charge is -2.34. The Labute approximate surface area is 178 Å². The van der Waals surface area contributed by atoms with Gasteiger partial charge in [0.2, 0.25) is 0 Å². The Bertz CT molecular complexity index is 1000. The Kier molecular flexibility index (Phi) is 6.66. The third-order valence-electron chi connectivity index (χ3n) is 5.34. The summed E-state index contributed by atoms with van der Waals surface area (Å²) in [4.78, 5) is 26.2. The highest BCUT2D eigenvalue weighted by Gasteiger charge is 2.35. The van der Waals surface area contributed by atoms with Gasteiger partial charge in [0.1, 0.15) is 24.4 Å². The zero-order valence-electron chi connectivity index (χ0n) is 16.7. The van der Waals surface area contributed by atoms with E-state index in [2.05, 4.69) is 4.18 Å². The largest absolute Gasteiger partial charge is 0.480 e. The van der Waals surface area contributed by atoms with Gasteiger partial charge in [0.25, 0.3) is 10.1 Å². The van der Waals surface area contributed by atoms with E-state index in [1.54, 1.807) is 11.0 Å². The van der Waals surface area contributed by atoms with Gasteiger partial charge in [-0.3, -0.25) is 13.9 Å². The predicted molar refractivity (Wildman–Crippen MR) is 106 cm³/mol. The average molecular weight is 455 g/mol. The van der Waals surface area contributed by atoms with Gasteiger partial charge in [-0.25, -0.2) is 9.18 Å². The van der Waals surface area contributed by atoms with Gasteiger partial charge >= 0.3 is 12.1 Å². The van der Waals surface area contributed by atoms with Crippen LogP contribution in [-0.4, -0.2) is 64.2 Å². The minimum Gasteiger partial charge on any atom is -0.480 e. The number of hydrogen-bond acceptors (Lipinski definition) is 8. The molecule has 12 heteroatoms. The van der Waals surface area contributed by atoms with Gasteiger partial charge in [-0.1, -0.05) is 0 Å². The topological polar surface area (TPSA) is 137 Å². The maximum atomic E-state index is 14.8. The maximum absolute atomic E-state index is 14.8. The molecule has 2 saturated heterocycles. The van der Waals surface area contributed by atoms with Crippen molar-refractivity contribution in [3.05, 3.63) is 24.0 Å². The van der Waals surface area contributed by atoms with Crippen LogP contribution >= 0.6 is 0 Å². The summed E-state index contributed by atoms with van der Waals surface area (Å²) in [6, 6.07) is 6.09. The van der Waals surface area contributed by atoms with Crippen LogP contribution in [0.2, 0.25) is 0 Å². The molecule has 2 atom stereocenters. The number of hydrogen-bond donors (Lipinski definition) is 1. The molecule has 31 heavy (non-hydrogen) atoms. The van der Waals surface area contributed by atoms with E-state index in [0.29, 0.717) is 31.6 Å². The van der Waals surface area contributed by atoms with Crippen LogP contribution < -0.4 is 9.80 Å². The van der Waals surface area contributed by atoms with Crippen LogP contribution in [-0.2, 0) is 23.8 Å². The summed E-state index contributed by atoms with van der Waals surface area (Å²) in [7, 11) is -3.68. The highest BCUT2D eigenvalue weighted by Crippen LogP contribution is 2.32. The number of halogens is 1. The van der Waals surface area contributed by atoms with E-state index >= 15 is 0 Å². The SMILES string of the molecule is CS(=O)(=O)OC[C@H]1CN(c2ccc(N3CCC(C(C#N)C(=O)O)CC3)c(F)c2)C(=O)O1. The van der Waals surface area contributed by atoms with Gasteiger partial charge in [0.05, 0.1) is 30.2 Å². The summed E-state index contributed by atoms with van der Waals surface area (Å²) in [5.41, 5.74) is 0.578. The molecule has 2 heterocycles. The second-order valence-corrected chi connectivity index (χ2v) is 9.15. The summed E-state index contributed by atoms with van der Waals surface area (Å²) >= 11 is 0. The second kappa shape index (κ2) is 9.07. The molecule has 0 bridgehead atoms. The molecule has 2 aliphatic rings. The van der Waals surface area contributed by atoms with Crippen molar-refractivity contribution in [1.82, 2.24) is 0 Å². The zero-order chi connectivity index (χ0) is 22.8. The fourth-order valence-corrected chi connectivity index (χ4v) is 4.17. The Hall–Kier alpha value is -2.91. The minimum atomic E-state index is -3.68. The van der Waals surface area contributed by atoms with Gasteiger partial charge in [-0.15, -0.1) is 0 Å². The van der Waals surface area contributed by atoms with Crippen molar-refractivity contribution in [2.24, 2.45) is 11.8 Å². The predicted octanol–water partition coefficient (Wildman–Crippen LogP) is 1.57. The molecule has 1 amide bonds. The van der Waals surface area contributed by atoms with E-state index < -0.39 is 40.0 Å². The van der Waals surface area contributed by atoms with Crippen molar-refractivity contribution < 1.29 is 36.4 Å². The summed E-state index contributed by atoms with van der Waals surface area (Å²) in [5.74, 6) is -3.06. The number of carboxylic acid groups (broad SMARTS) is 1. The van der Waals surface area contributed by atoms with Crippen molar-refractivity contribution >= 4 is 33.6 Å². The van der Waals surface area contributed by atoms with Crippen molar-refractivity contribution in [3.8, 4) is 6.07 Å². The highest BCUT2D eigenvalue weighted by atomic mass is 32.2. The summed E-state index contributed by atoms with van der Waals surface area (Å²) in [6.07, 6.45) is 0.261. The Morgan fingerprint density at radius 1 is 1.42 bits per heavy atom. The average Bonchev–Trinajstić information content (AvgIpc) is 3.07. The highest BCUT2D eigenvalue weighted by molar-refractivity contribution is 7.85. The van der Waals surface area contributed by atoms with Crippen LogP contribution in [0.3, 0.4) is 0 Å². The fraction of sp³-hybridized carbons (Fsp3) is 0.526. The first kappa shape index (κ1) is 22.8. The summed E-state index contributed by atoms with van der Waals surface area (Å²) in [6.45, 7) is 0.506. The number of carbonyl (C=O) groups excluding carboxylic acids is 1. The van der Waals surface area contributed by atoms with E-state index in [-0.39, 0.29) is 24.8 Å². The third-order valence-corrected chi connectivity index (χ3v) is 5.91. The molecule has 1 aromatic rings. The number of nitrogens with zero attached hydrogens (tertiary/aromatic N) is 3. The molecule has 0 saturated carbocycles. The van der Waals surface area contributed by atoms with Crippen LogP contribution in [0.4, 0.5) is 20.6 Å². The molecule has 168 valence electrons. The molecule has 0 aliphatic carbocycles. The minimum absolute atomic E-state index is 0.0171.